The summed E-state index contributed by atoms with van der Waals surface area (Å²) in [4.78, 5) is 12.7. The highest BCUT2D eigenvalue weighted by Crippen LogP contribution is 2.28. The first-order chi connectivity index (χ1) is 12.2. The maximum absolute atomic E-state index is 12.7. The minimum atomic E-state index is 0.185. The van der Waals surface area contributed by atoms with Crippen molar-refractivity contribution in [1.29, 1.82) is 0 Å². The molecule has 0 fully saturated rings. The Hall–Kier alpha value is -2.38. The summed E-state index contributed by atoms with van der Waals surface area (Å²) in [6.45, 7) is 0. The maximum atomic E-state index is 12.7. The van der Waals surface area contributed by atoms with E-state index in [4.69, 9.17) is 11.6 Å². The van der Waals surface area contributed by atoms with Gasteiger partial charge in [0.2, 0.25) is 0 Å². The van der Waals surface area contributed by atoms with Crippen molar-refractivity contribution in [2.75, 3.05) is 0 Å². The number of carbonyl (C=O) groups excluding carboxylic acids is 1. The third kappa shape index (κ3) is 5.04. The van der Waals surface area contributed by atoms with E-state index >= 15 is 0 Å². The molecule has 0 aliphatic heterocycles. The van der Waals surface area contributed by atoms with E-state index in [0.717, 1.165) is 23.4 Å². The molecule has 0 aliphatic rings. The second-order valence-corrected chi connectivity index (χ2v) is 6.70. The minimum absolute atomic E-state index is 0.185. The van der Waals surface area contributed by atoms with Crippen LogP contribution < -0.4 is 0 Å². The van der Waals surface area contributed by atoms with Crippen LogP contribution in [0.4, 0.5) is 0 Å². The Bertz CT molecular complexity index is 795. The summed E-state index contributed by atoms with van der Waals surface area (Å²) < 4.78 is 0. The van der Waals surface area contributed by atoms with Gasteiger partial charge in [-0.3, -0.25) is 4.79 Å². The highest BCUT2D eigenvalue weighted by atomic mass is 35.5. The van der Waals surface area contributed by atoms with Crippen molar-refractivity contribution in [3.63, 3.8) is 0 Å². The molecule has 0 N–H and O–H groups in total. The molecular weight excluding hydrogens is 328 g/mol. The summed E-state index contributed by atoms with van der Waals surface area (Å²) in [5, 5.41) is 0.722. The number of rotatable bonds is 7. The first kappa shape index (κ1) is 17.4. The molecule has 25 heavy (non-hydrogen) atoms. The molecule has 0 bridgehead atoms. The monoisotopic (exact) mass is 348 g/mol. The van der Waals surface area contributed by atoms with Crippen molar-refractivity contribution in [2.24, 2.45) is 0 Å². The van der Waals surface area contributed by atoms with Gasteiger partial charge >= 0.3 is 0 Å². The van der Waals surface area contributed by atoms with Gasteiger partial charge in [-0.25, -0.2) is 0 Å². The third-order valence-electron chi connectivity index (χ3n) is 4.49. The Kier molecular flexibility index (Phi) is 6.03. The topological polar surface area (TPSA) is 17.1 Å². The van der Waals surface area contributed by atoms with Crippen LogP contribution in [0, 0.1) is 0 Å². The largest absolute Gasteiger partial charge is 0.294 e. The van der Waals surface area contributed by atoms with Crippen LogP contribution in [-0.4, -0.2) is 5.78 Å². The fourth-order valence-corrected chi connectivity index (χ4v) is 3.20. The molecule has 0 spiro atoms. The van der Waals surface area contributed by atoms with Crippen molar-refractivity contribution in [3.05, 3.63) is 107 Å². The zero-order chi connectivity index (χ0) is 17.5. The van der Waals surface area contributed by atoms with Gasteiger partial charge in [0.05, 0.1) is 0 Å². The van der Waals surface area contributed by atoms with Gasteiger partial charge in [-0.2, -0.15) is 0 Å². The molecule has 126 valence electrons. The number of aryl methyl sites for hydroxylation is 1. The number of ketones is 1. The standard InChI is InChI=1S/C23H21ClO/c24-22-15-13-19(14-16-22)21(12-11-18-7-3-1-4-8-18)17-23(25)20-9-5-2-6-10-20/h1-10,13-16,21H,11-12,17H2. The predicted molar refractivity (Wildman–Crippen MR) is 104 cm³/mol. The summed E-state index contributed by atoms with van der Waals surface area (Å²) >= 11 is 6.02. The molecule has 2 heteroatoms. The summed E-state index contributed by atoms with van der Waals surface area (Å²) in [7, 11) is 0. The Morgan fingerprint density at radius 1 is 0.800 bits per heavy atom. The number of carbonyl (C=O) groups is 1. The summed E-state index contributed by atoms with van der Waals surface area (Å²) in [5.41, 5.74) is 3.25. The van der Waals surface area contributed by atoms with Crippen LogP contribution in [0.25, 0.3) is 0 Å². The second-order valence-electron chi connectivity index (χ2n) is 6.27. The first-order valence-electron chi connectivity index (χ1n) is 8.60. The van der Waals surface area contributed by atoms with E-state index in [1.165, 1.54) is 11.1 Å². The molecule has 0 amide bonds. The van der Waals surface area contributed by atoms with Crippen LogP contribution in [0.5, 0.6) is 0 Å². The van der Waals surface area contributed by atoms with Gasteiger partial charge < -0.3 is 0 Å². The van der Waals surface area contributed by atoms with Crippen molar-refractivity contribution < 1.29 is 4.79 Å². The van der Waals surface area contributed by atoms with Gasteiger partial charge in [0.25, 0.3) is 0 Å². The van der Waals surface area contributed by atoms with E-state index in [1.807, 2.05) is 60.7 Å². The number of benzene rings is 3. The summed E-state index contributed by atoms with van der Waals surface area (Å²) in [5.74, 6) is 0.374. The van der Waals surface area contributed by atoms with Crippen molar-refractivity contribution in [1.82, 2.24) is 0 Å². The Morgan fingerprint density at radius 3 is 2.04 bits per heavy atom. The third-order valence-corrected chi connectivity index (χ3v) is 4.75. The van der Waals surface area contributed by atoms with Crippen molar-refractivity contribution in [2.45, 2.75) is 25.2 Å². The quantitative estimate of drug-likeness (QED) is 0.456. The minimum Gasteiger partial charge on any atom is -0.294 e. The van der Waals surface area contributed by atoms with E-state index < -0.39 is 0 Å². The first-order valence-corrected chi connectivity index (χ1v) is 8.98. The van der Waals surface area contributed by atoms with E-state index in [2.05, 4.69) is 24.3 Å². The number of halogens is 1. The normalized spacial score (nSPS) is 11.9. The number of hydrogen-bond donors (Lipinski definition) is 0. The van der Waals surface area contributed by atoms with Crippen LogP contribution in [0.15, 0.2) is 84.9 Å². The molecule has 0 heterocycles. The fourth-order valence-electron chi connectivity index (χ4n) is 3.07. The van der Waals surface area contributed by atoms with Crippen molar-refractivity contribution >= 4 is 17.4 Å². The molecule has 0 saturated carbocycles. The van der Waals surface area contributed by atoms with Crippen molar-refractivity contribution in [3.8, 4) is 0 Å². The van der Waals surface area contributed by atoms with Gasteiger partial charge in [-0.15, -0.1) is 0 Å². The lowest BCUT2D eigenvalue weighted by molar-refractivity contribution is 0.0972. The lowest BCUT2D eigenvalue weighted by Crippen LogP contribution is -2.09. The molecule has 0 aliphatic carbocycles. The Labute approximate surface area is 154 Å². The second kappa shape index (κ2) is 8.64. The predicted octanol–water partition coefficient (Wildman–Crippen LogP) is 6.33. The van der Waals surface area contributed by atoms with E-state index in [0.29, 0.717) is 6.42 Å². The fraction of sp³-hybridized carbons (Fsp3) is 0.174. The number of hydrogen-bond acceptors (Lipinski definition) is 1. The molecular formula is C23H21ClO. The van der Waals surface area contributed by atoms with Crippen LogP contribution in [0.1, 0.15) is 40.2 Å². The van der Waals surface area contributed by atoms with Gasteiger partial charge in [0.1, 0.15) is 0 Å². The molecule has 3 aromatic rings. The van der Waals surface area contributed by atoms with Crippen LogP contribution in [0.3, 0.4) is 0 Å². The lowest BCUT2D eigenvalue weighted by atomic mass is 9.87. The highest BCUT2D eigenvalue weighted by Gasteiger charge is 2.17. The van der Waals surface area contributed by atoms with Crippen LogP contribution >= 0.6 is 11.6 Å². The average Bonchev–Trinajstić information content (AvgIpc) is 2.67. The van der Waals surface area contributed by atoms with E-state index in [9.17, 15) is 4.79 Å². The number of Topliss-reactive ketones (excluding diaryl/α,β-unsaturated/α-hetero) is 1. The van der Waals surface area contributed by atoms with Gasteiger partial charge in [-0.05, 0) is 42.0 Å². The maximum Gasteiger partial charge on any atom is 0.163 e. The van der Waals surface area contributed by atoms with Crippen LogP contribution in [-0.2, 0) is 6.42 Å². The molecule has 1 atom stereocenters. The molecule has 1 nitrogen and oxygen atoms in total. The summed E-state index contributed by atoms with van der Waals surface area (Å²) in [6.07, 6.45) is 2.40. The van der Waals surface area contributed by atoms with E-state index in [1.54, 1.807) is 0 Å². The summed E-state index contributed by atoms with van der Waals surface area (Å²) in [6, 6.07) is 27.8. The molecule has 0 radical (unpaired) electrons. The SMILES string of the molecule is O=C(CC(CCc1ccccc1)c1ccc(Cl)cc1)c1ccccc1. The molecule has 0 aromatic heterocycles. The van der Waals surface area contributed by atoms with Gasteiger partial charge in [0, 0.05) is 17.0 Å². The molecule has 1 unspecified atom stereocenters. The Balaban J connectivity index is 1.76. The smallest absolute Gasteiger partial charge is 0.163 e. The van der Waals surface area contributed by atoms with Crippen LogP contribution in [0.2, 0.25) is 5.02 Å². The zero-order valence-electron chi connectivity index (χ0n) is 14.1. The molecule has 3 aromatic carbocycles. The van der Waals surface area contributed by atoms with E-state index in [-0.39, 0.29) is 11.7 Å². The highest BCUT2D eigenvalue weighted by molar-refractivity contribution is 6.30. The molecule has 0 saturated heterocycles. The van der Waals surface area contributed by atoms with Gasteiger partial charge in [0.15, 0.2) is 5.78 Å². The zero-order valence-corrected chi connectivity index (χ0v) is 14.8. The molecule has 3 rings (SSSR count). The lowest BCUT2D eigenvalue weighted by Gasteiger charge is -2.17. The van der Waals surface area contributed by atoms with Gasteiger partial charge in [-0.1, -0.05) is 84.4 Å². The Morgan fingerprint density at radius 2 is 1.40 bits per heavy atom. The average molecular weight is 349 g/mol.